The van der Waals surface area contributed by atoms with E-state index in [-0.39, 0.29) is 11.8 Å². The standard InChI is InChI=1S/C22H23N3O3/c1-27-19-8-7-17-13-18(15-28-20(17)14-19)22(26)24-21-9-11-23-25(21)12-10-16-5-3-2-4-6-16/h2-9,11,14,18H,10,12-13,15H2,1H3,(H,24,26). The average Bonchev–Trinajstić information content (AvgIpc) is 3.19. The second kappa shape index (κ2) is 8.17. The average molecular weight is 377 g/mol. The van der Waals surface area contributed by atoms with Crippen LogP contribution in [0.1, 0.15) is 11.1 Å². The highest BCUT2D eigenvalue weighted by Crippen LogP contribution is 2.31. The molecular weight excluding hydrogens is 354 g/mol. The maximum atomic E-state index is 12.8. The highest BCUT2D eigenvalue weighted by molar-refractivity contribution is 5.92. The molecule has 28 heavy (non-hydrogen) atoms. The normalized spacial score (nSPS) is 15.4. The van der Waals surface area contributed by atoms with Crippen LogP contribution in [0.2, 0.25) is 0 Å². The molecule has 1 aromatic heterocycles. The first kappa shape index (κ1) is 18.1. The topological polar surface area (TPSA) is 65.4 Å². The van der Waals surface area contributed by atoms with Crippen molar-refractivity contribution in [3.63, 3.8) is 0 Å². The number of ether oxygens (including phenoxy) is 2. The van der Waals surface area contributed by atoms with Crippen molar-refractivity contribution in [2.45, 2.75) is 19.4 Å². The summed E-state index contributed by atoms with van der Waals surface area (Å²) in [6, 6.07) is 17.8. The van der Waals surface area contributed by atoms with Crippen molar-refractivity contribution in [2.24, 2.45) is 5.92 Å². The van der Waals surface area contributed by atoms with E-state index in [9.17, 15) is 4.79 Å². The predicted octanol–water partition coefficient (Wildman–Crippen LogP) is 3.32. The summed E-state index contributed by atoms with van der Waals surface area (Å²) in [6.07, 6.45) is 3.20. The third kappa shape index (κ3) is 4.01. The minimum Gasteiger partial charge on any atom is -0.497 e. The van der Waals surface area contributed by atoms with Crippen molar-refractivity contribution in [3.05, 3.63) is 71.9 Å². The molecule has 0 aliphatic carbocycles. The fraction of sp³-hybridized carbons (Fsp3) is 0.273. The summed E-state index contributed by atoms with van der Waals surface area (Å²) in [5.41, 5.74) is 2.26. The molecule has 2 aromatic carbocycles. The monoisotopic (exact) mass is 377 g/mol. The van der Waals surface area contributed by atoms with Crippen LogP contribution >= 0.6 is 0 Å². The van der Waals surface area contributed by atoms with Crippen LogP contribution in [0.15, 0.2) is 60.8 Å². The number of hydrogen-bond donors (Lipinski definition) is 1. The third-order valence-corrected chi connectivity index (χ3v) is 4.97. The second-order valence-electron chi connectivity index (χ2n) is 6.85. The van der Waals surface area contributed by atoms with E-state index in [1.807, 2.05) is 47.1 Å². The van der Waals surface area contributed by atoms with Gasteiger partial charge in [0, 0.05) is 18.7 Å². The summed E-state index contributed by atoms with van der Waals surface area (Å²) in [4.78, 5) is 12.8. The number of methoxy groups -OCH3 is 1. The van der Waals surface area contributed by atoms with Crippen molar-refractivity contribution in [1.82, 2.24) is 9.78 Å². The zero-order valence-corrected chi connectivity index (χ0v) is 15.8. The maximum Gasteiger partial charge on any atom is 0.232 e. The Morgan fingerprint density at radius 1 is 1.25 bits per heavy atom. The van der Waals surface area contributed by atoms with Gasteiger partial charge in [-0.15, -0.1) is 0 Å². The molecule has 0 saturated carbocycles. The van der Waals surface area contributed by atoms with Gasteiger partial charge in [0.15, 0.2) is 0 Å². The lowest BCUT2D eigenvalue weighted by molar-refractivity contribution is -0.121. The van der Waals surface area contributed by atoms with E-state index in [1.165, 1.54) is 5.56 Å². The fourth-order valence-corrected chi connectivity index (χ4v) is 3.37. The first-order valence-electron chi connectivity index (χ1n) is 9.39. The minimum atomic E-state index is -0.238. The Bertz CT molecular complexity index is 953. The van der Waals surface area contributed by atoms with Crippen LogP contribution in [0.3, 0.4) is 0 Å². The van der Waals surface area contributed by atoms with Gasteiger partial charge in [-0.3, -0.25) is 4.79 Å². The van der Waals surface area contributed by atoms with E-state index in [0.717, 1.165) is 23.5 Å². The van der Waals surface area contributed by atoms with Gasteiger partial charge in [0.05, 0.1) is 19.2 Å². The molecule has 4 rings (SSSR count). The van der Waals surface area contributed by atoms with E-state index < -0.39 is 0 Å². The molecule has 6 nitrogen and oxygen atoms in total. The molecule has 0 fully saturated rings. The van der Waals surface area contributed by atoms with E-state index in [4.69, 9.17) is 9.47 Å². The number of aromatic nitrogens is 2. The van der Waals surface area contributed by atoms with Gasteiger partial charge < -0.3 is 14.8 Å². The van der Waals surface area contributed by atoms with Crippen LogP contribution in [-0.2, 0) is 24.2 Å². The molecule has 6 heteroatoms. The van der Waals surface area contributed by atoms with Crippen molar-refractivity contribution >= 4 is 11.7 Å². The SMILES string of the molecule is COc1ccc2c(c1)OCC(C(=O)Nc1ccnn1CCc1ccccc1)C2. The van der Waals surface area contributed by atoms with Gasteiger partial charge in [-0.1, -0.05) is 36.4 Å². The number of rotatable bonds is 6. The Balaban J connectivity index is 1.38. The van der Waals surface area contributed by atoms with Crippen LogP contribution in [-0.4, -0.2) is 29.4 Å². The first-order chi connectivity index (χ1) is 13.7. The number of fused-ring (bicyclic) bond motifs is 1. The van der Waals surface area contributed by atoms with Gasteiger partial charge in [-0.25, -0.2) is 4.68 Å². The summed E-state index contributed by atoms with van der Waals surface area (Å²) in [7, 11) is 1.63. The smallest absolute Gasteiger partial charge is 0.232 e. The molecule has 1 aliphatic heterocycles. The van der Waals surface area contributed by atoms with E-state index in [1.54, 1.807) is 13.3 Å². The van der Waals surface area contributed by atoms with Crippen molar-refractivity contribution < 1.29 is 14.3 Å². The summed E-state index contributed by atoms with van der Waals surface area (Å²) in [5, 5.41) is 7.35. The lowest BCUT2D eigenvalue weighted by Crippen LogP contribution is -2.33. The lowest BCUT2D eigenvalue weighted by atomic mass is 9.96. The summed E-state index contributed by atoms with van der Waals surface area (Å²) in [5.74, 6) is 1.96. The summed E-state index contributed by atoms with van der Waals surface area (Å²) in [6.45, 7) is 1.06. The molecular formula is C22H23N3O3. The molecule has 0 radical (unpaired) electrons. The van der Waals surface area contributed by atoms with Gasteiger partial charge >= 0.3 is 0 Å². The molecule has 0 spiro atoms. The third-order valence-electron chi connectivity index (χ3n) is 4.97. The molecule has 3 aromatic rings. The summed E-state index contributed by atoms with van der Waals surface area (Å²) < 4.78 is 12.8. The molecule has 1 unspecified atom stereocenters. The van der Waals surface area contributed by atoms with Gasteiger partial charge in [-0.2, -0.15) is 5.10 Å². The largest absolute Gasteiger partial charge is 0.497 e. The number of carbonyl (C=O) groups excluding carboxylic acids is 1. The lowest BCUT2D eigenvalue weighted by Gasteiger charge is -2.25. The Hall–Kier alpha value is -3.28. The highest BCUT2D eigenvalue weighted by Gasteiger charge is 2.27. The Labute approximate surface area is 164 Å². The number of nitrogens with zero attached hydrogens (tertiary/aromatic N) is 2. The zero-order chi connectivity index (χ0) is 19.3. The van der Waals surface area contributed by atoms with Crippen molar-refractivity contribution in [2.75, 3.05) is 19.0 Å². The van der Waals surface area contributed by atoms with Gasteiger partial charge in [0.2, 0.25) is 5.91 Å². The Morgan fingerprint density at radius 3 is 2.93 bits per heavy atom. The minimum absolute atomic E-state index is 0.0528. The number of nitrogens with one attached hydrogen (secondary N) is 1. The van der Waals surface area contributed by atoms with Gasteiger partial charge in [0.25, 0.3) is 0 Å². The van der Waals surface area contributed by atoms with Crippen LogP contribution in [0.25, 0.3) is 0 Å². The molecule has 0 bridgehead atoms. The molecule has 1 aliphatic rings. The van der Waals surface area contributed by atoms with Gasteiger partial charge in [-0.05, 0) is 30.0 Å². The number of anilines is 1. The molecule has 2 heterocycles. The number of carbonyl (C=O) groups is 1. The van der Waals surface area contributed by atoms with Crippen LogP contribution in [0, 0.1) is 5.92 Å². The fourth-order valence-electron chi connectivity index (χ4n) is 3.37. The number of amides is 1. The van der Waals surface area contributed by atoms with Crippen LogP contribution < -0.4 is 14.8 Å². The second-order valence-corrected chi connectivity index (χ2v) is 6.85. The predicted molar refractivity (Wildman–Crippen MR) is 107 cm³/mol. The molecule has 144 valence electrons. The van der Waals surface area contributed by atoms with Crippen LogP contribution in [0.5, 0.6) is 11.5 Å². The van der Waals surface area contributed by atoms with Crippen LogP contribution in [0.4, 0.5) is 5.82 Å². The zero-order valence-electron chi connectivity index (χ0n) is 15.8. The first-order valence-corrected chi connectivity index (χ1v) is 9.39. The number of benzene rings is 2. The molecule has 1 amide bonds. The maximum absolute atomic E-state index is 12.8. The molecule has 0 saturated heterocycles. The molecule has 1 atom stereocenters. The van der Waals surface area contributed by atoms with E-state index >= 15 is 0 Å². The number of aryl methyl sites for hydroxylation is 2. The Morgan fingerprint density at radius 2 is 2.11 bits per heavy atom. The Kier molecular flexibility index (Phi) is 5.28. The molecule has 1 N–H and O–H groups in total. The number of hydrogen-bond acceptors (Lipinski definition) is 4. The van der Waals surface area contributed by atoms with Crippen molar-refractivity contribution in [1.29, 1.82) is 0 Å². The van der Waals surface area contributed by atoms with E-state index in [0.29, 0.717) is 25.4 Å². The quantitative estimate of drug-likeness (QED) is 0.716. The van der Waals surface area contributed by atoms with Gasteiger partial charge in [0.1, 0.15) is 23.9 Å². The van der Waals surface area contributed by atoms with Crippen molar-refractivity contribution in [3.8, 4) is 11.5 Å². The van der Waals surface area contributed by atoms with E-state index in [2.05, 4.69) is 22.5 Å². The highest BCUT2D eigenvalue weighted by atomic mass is 16.5. The summed E-state index contributed by atoms with van der Waals surface area (Å²) >= 11 is 0.